The molecular weight excluding hydrogens is 382 g/mol. The number of carbonyl (C=O) groups excluding carboxylic acids is 1. The zero-order valence-electron chi connectivity index (χ0n) is 16.4. The molecule has 0 aromatic heterocycles. The minimum Gasteiger partial charge on any atom is -0.479 e. The summed E-state index contributed by atoms with van der Waals surface area (Å²) in [4.78, 5) is 26.1. The van der Waals surface area contributed by atoms with Crippen molar-refractivity contribution in [3.63, 3.8) is 0 Å². The molecule has 0 spiro atoms. The van der Waals surface area contributed by atoms with Gasteiger partial charge in [0.2, 0.25) is 0 Å². The number of likely N-dealkylation sites (tertiary alicyclic amines) is 1. The molecule has 1 aromatic rings. The van der Waals surface area contributed by atoms with Gasteiger partial charge in [-0.1, -0.05) is 18.2 Å². The normalized spacial score (nSPS) is 28.7. The zero-order valence-corrected chi connectivity index (χ0v) is 17.2. The quantitative estimate of drug-likeness (QED) is 0.766. The van der Waals surface area contributed by atoms with E-state index < -0.39 is 35.3 Å². The van der Waals surface area contributed by atoms with E-state index in [-0.39, 0.29) is 11.2 Å². The molecule has 2 fully saturated rings. The second kappa shape index (κ2) is 7.24. The van der Waals surface area contributed by atoms with Crippen molar-refractivity contribution in [2.24, 2.45) is 5.92 Å². The minimum atomic E-state index is -1.34. The standard InChI is InChI=1S/C20H25NO6S/c1-19(2,3)27-17(24)21-14-10-12(20(21,4)16(22)23)11-15(14)26-18(28)25-13-8-6-5-7-9-13/h5-9,12,14-15H,10-11H2,1-4H3,(H,22,23)/t12-,14+,15+,20-/m0/s1. The number of nitrogens with zero attached hydrogens (tertiary/aromatic N) is 1. The summed E-state index contributed by atoms with van der Waals surface area (Å²) in [5.74, 6) is -0.755. The first-order valence-corrected chi connectivity index (χ1v) is 9.62. The van der Waals surface area contributed by atoms with Crippen LogP contribution in [-0.4, -0.2) is 50.6 Å². The monoisotopic (exact) mass is 407 g/mol. The van der Waals surface area contributed by atoms with Crippen LogP contribution in [0.4, 0.5) is 4.79 Å². The van der Waals surface area contributed by atoms with Crippen molar-refractivity contribution in [3.05, 3.63) is 30.3 Å². The number of carboxylic acids is 1. The van der Waals surface area contributed by atoms with Crippen LogP contribution < -0.4 is 4.74 Å². The maximum Gasteiger partial charge on any atom is 0.411 e. The molecule has 1 aliphatic heterocycles. The molecule has 1 aromatic carbocycles. The fourth-order valence-corrected chi connectivity index (χ4v) is 4.24. The maximum atomic E-state index is 12.8. The Morgan fingerprint density at radius 1 is 1.21 bits per heavy atom. The molecule has 1 heterocycles. The van der Waals surface area contributed by atoms with Crippen molar-refractivity contribution in [1.29, 1.82) is 0 Å². The highest BCUT2D eigenvalue weighted by Gasteiger charge is 2.65. The van der Waals surface area contributed by atoms with Crippen LogP contribution in [0.3, 0.4) is 0 Å². The Morgan fingerprint density at radius 2 is 1.86 bits per heavy atom. The Balaban J connectivity index is 1.76. The van der Waals surface area contributed by atoms with Crippen LogP contribution in [0.1, 0.15) is 40.5 Å². The van der Waals surface area contributed by atoms with Gasteiger partial charge in [0.25, 0.3) is 0 Å². The van der Waals surface area contributed by atoms with E-state index in [4.69, 9.17) is 26.4 Å². The van der Waals surface area contributed by atoms with Gasteiger partial charge in [-0.3, -0.25) is 4.90 Å². The number of hydrogen-bond acceptors (Lipinski definition) is 6. The number of ether oxygens (including phenoxy) is 3. The highest BCUT2D eigenvalue weighted by atomic mass is 32.1. The number of para-hydroxylation sites is 1. The summed E-state index contributed by atoms with van der Waals surface area (Å²) in [6.07, 6.45) is -0.111. The predicted molar refractivity (Wildman–Crippen MR) is 105 cm³/mol. The van der Waals surface area contributed by atoms with Crippen LogP contribution in [-0.2, 0) is 14.3 Å². The van der Waals surface area contributed by atoms with E-state index in [2.05, 4.69) is 0 Å². The summed E-state index contributed by atoms with van der Waals surface area (Å²) in [6.45, 7) is 6.80. The van der Waals surface area contributed by atoms with Crippen LogP contribution in [0.2, 0.25) is 0 Å². The van der Waals surface area contributed by atoms with Gasteiger partial charge < -0.3 is 19.3 Å². The largest absolute Gasteiger partial charge is 0.479 e. The summed E-state index contributed by atoms with van der Waals surface area (Å²) in [5.41, 5.74) is -2.07. The molecule has 1 saturated heterocycles. The third-order valence-electron chi connectivity index (χ3n) is 5.31. The van der Waals surface area contributed by atoms with Crippen molar-refractivity contribution in [3.8, 4) is 5.75 Å². The number of benzene rings is 1. The van der Waals surface area contributed by atoms with Gasteiger partial charge in [0, 0.05) is 12.2 Å². The first-order valence-electron chi connectivity index (χ1n) is 9.21. The van der Waals surface area contributed by atoms with Crippen molar-refractivity contribution in [1.82, 2.24) is 4.90 Å². The van der Waals surface area contributed by atoms with Crippen LogP contribution in [0.25, 0.3) is 0 Å². The molecule has 28 heavy (non-hydrogen) atoms. The fraction of sp³-hybridized carbons (Fsp3) is 0.550. The van der Waals surface area contributed by atoms with Crippen LogP contribution in [0.5, 0.6) is 5.75 Å². The minimum absolute atomic E-state index is 0.0510. The Morgan fingerprint density at radius 3 is 2.43 bits per heavy atom. The third kappa shape index (κ3) is 3.78. The topological polar surface area (TPSA) is 85.3 Å². The SMILES string of the molecule is CC(C)(C)OC(=O)N1[C@@H]2C[C@@H](C[C@H]2OC(=S)Oc2ccccc2)[C@@]1(C)C(=O)O. The number of amides is 1. The molecule has 7 nitrogen and oxygen atoms in total. The molecule has 1 saturated carbocycles. The summed E-state index contributed by atoms with van der Waals surface area (Å²) in [7, 11) is 0. The first-order chi connectivity index (χ1) is 13.0. The zero-order chi connectivity index (χ0) is 20.7. The van der Waals surface area contributed by atoms with Crippen molar-refractivity contribution >= 4 is 29.5 Å². The fourth-order valence-electron chi connectivity index (χ4n) is 4.02. The van der Waals surface area contributed by atoms with Gasteiger partial charge in [0.05, 0.1) is 6.04 Å². The van der Waals surface area contributed by atoms with Gasteiger partial charge in [-0.15, -0.1) is 0 Å². The Labute approximate surface area is 169 Å². The molecule has 2 bridgehead atoms. The summed E-state index contributed by atoms with van der Waals surface area (Å²) >= 11 is 5.19. The maximum absolute atomic E-state index is 12.8. The van der Waals surface area contributed by atoms with E-state index in [1.165, 1.54) is 4.90 Å². The smallest absolute Gasteiger partial charge is 0.411 e. The molecule has 1 aliphatic carbocycles. The second-order valence-electron chi connectivity index (χ2n) is 8.36. The van der Waals surface area contributed by atoms with Crippen molar-refractivity contribution in [2.45, 2.75) is 63.8 Å². The van der Waals surface area contributed by atoms with Gasteiger partial charge in [-0.25, -0.2) is 9.59 Å². The van der Waals surface area contributed by atoms with Crippen LogP contribution in [0, 0.1) is 5.92 Å². The Hall–Kier alpha value is -2.35. The van der Waals surface area contributed by atoms with Gasteiger partial charge >= 0.3 is 17.3 Å². The average molecular weight is 407 g/mol. The summed E-state index contributed by atoms with van der Waals surface area (Å²) in [6, 6.07) is 8.56. The molecule has 8 heteroatoms. The van der Waals surface area contributed by atoms with Crippen molar-refractivity contribution < 1.29 is 28.9 Å². The number of hydrogen-bond donors (Lipinski definition) is 1. The Bertz CT molecular complexity index is 777. The first kappa shape index (κ1) is 20.4. The number of thiocarbonyl (C=S) groups is 1. The molecule has 4 atom stereocenters. The average Bonchev–Trinajstić information content (AvgIpc) is 3.10. The molecule has 0 radical (unpaired) electrons. The van der Waals surface area contributed by atoms with Gasteiger partial charge in [-0.05, 0) is 58.6 Å². The molecule has 1 N–H and O–H groups in total. The number of piperidine rings is 1. The lowest BCUT2D eigenvalue weighted by Gasteiger charge is -2.43. The number of fused-ring (bicyclic) bond motifs is 2. The van der Waals surface area contributed by atoms with Crippen LogP contribution >= 0.6 is 12.2 Å². The highest BCUT2D eigenvalue weighted by molar-refractivity contribution is 7.79. The van der Waals surface area contributed by atoms with Crippen molar-refractivity contribution in [2.75, 3.05) is 0 Å². The van der Waals surface area contributed by atoms with E-state index in [1.54, 1.807) is 39.8 Å². The van der Waals surface area contributed by atoms with E-state index >= 15 is 0 Å². The second-order valence-corrected chi connectivity index (χ2v) is 8.69. The lowest BCUT2D eigenvalue weighted by Crippen LogP contribution is -2.62. The number of aliphatic carboxylic acids is 1. The number of rotatable bonds is 3. The summed E-state index contributed by atoms with van der Waals surface area (Å²) < 4.78 is 16.8. The lowest BCUT2D eigenvalue weighted by atomic mass is 9.84. The molecule has 3 rings (SSSR count). The van der Waals surface area contributed by atoms with E-state index in [1.807, 2.05) is 18.2 Å². The predicted octanol–water partition coefficient (Wildman–Crippen LogP) is 3.61. The summed E-state index contributed by atoms with van der Waals surface area (Å²) in [5, 5.41) is 9.78. The lowest BCUT2D eigenvalue weighted by molar-refractivity contribution is -0.155. The van der Waals surface area contributed by atoms with Gasteiger partial charge in [0.1, 0.15) is 23.0 Å². The van der Waals surface area contributed by atoms with E-state index in [9.17, 15) is 14.7 Å². The molecule has 0 unspecified atom stereocenters. The number of carboxylic acid groups (broad SMARTS) is 1. The van der Waals surface area contributed by atoms with Gasteiger partial charge in [-0.2, -0.15) is 0 Å². The highest BCUT2D eigenvalue weighted by Crippen LogP contribution is 2.51. The molecule has 2 aliphatic rings. The van der Waals surface area contributed by atoms with E-state index in [0.29, 0.717) is 18.6 Å². The van der Waals surface area contributed by atoms with Crippen LogP contribution in [0.15, 0.2) is 30.3 Å². The number of carbonyl (C=O) groups is 2. The Kier molecular flexibility index (Phi) is 5.27. The molecular formula is C20H25NO6S. The third-order valence-corrected chi connectivity index (χ3v) is 5.49. The van der Waals surface area contributed by atoms with E-state index in [0.717, 1.165) is 0 Å². The van der Waals surface area contributed by atoms with Gasteiger partial charge in [0.15, 0.2) is 0 Å². The molecule has 152 valence electrons. The molecule has 1 amide bonds.